The van der Waals surface area contributed by atoms with E-state index in [4.69, 9.17) is 0 Å². The molecule has 116 valence electrons. The molecule has 22 heavy (non-hydrogen) atoms. The van der Waals surface area contributed by atoms with Gasteiger partial charge in [0.1, 0.15) is 17.3 Å². The second-order valence-corrected chi connectivity index (χ2v) is 5.81. The van der Waals surface area contributed by atoms with E-state index in [-0.39, 0.29) is 11.9 Å². The summed E-state index contributed by atoms with van der Waals surface area (Å²) in [5, 5.41) is 4.38. The van der Waals surface area contributed by atoms with E-state index in [1.54, 1.807) is 11.1 Å². The predicted octanol–water partition coefficient (Wildman–Crippen LogP) is 1.05. The van der Waals surface area contributed by atoms with Crippen LogP contribution in [0.1, 0.15) is 28.2 Å². The van der Waals surface area contributed by atoms with Gasteiger partial charge >= 0.3 is 0 Å². The second-order valence-electron chi connectivity index (χ2n) is 5.81. The van der Waals surface area contributed by atoms with Gasteiger partial charge in [0.05, 0.1) is 6.04 Å². The van der Waals surface area contributed by atoms with Gasteiger partial charge < -0.3 is 9.80 Å². The first-order valence-corrected chi connectivity index (χ1v) is 7.28. The summed E-state index contributed by atoms with van der Waals surface area (Å²) in [4.78, 5) is 24.7. The highest BCUT2D eigenvalue weighted by Crippen LogP contribution is 2.24. The van der Waals surface area contributed by atoms with Crippen LogP contribution in [-0.4, -0.2) is 57.7 Å². The van der Waals surface area contributed by atoms with Crippen LogP contribution in [0.5, 0.6) is 0 Å². The summed E-state index contributed by atoms with van der Waals surface area (Å²) < 4.78 is 1.91. The minimum atomic E-state index is -0.0329. The lowest BCUT2D eigenvalue weighted by molar-refractivity contribution is 0.0491. The van der Waals surface area contributed by atoms with Gasteiger partial charge in [-0.05, 0) is 26.0 Å². The smallest absolute Gasteiger partial charge is 0.272 e. The monoisotopic (exact) mass is 300 g/mol. The van der Waals surface area contributed by atoms with Gasteiger partial charge in [0.25, 0.3) is 5.91 Å². The number of rotatable bonds is 3. The average molecular weight is 300 g/mol. The quantitative estimate of drug-likeness (QED) is 0.847. The summed E-state index contributed by atoms with van der Waals surface area (Å²) in [6, 6.07) is 3.92. The van der Waals surface area contributed by atoms with Gasteiger partial charge in [-0.25, -0.2) is 9.67 Å². The molecule has 1 saturated heterocycles. The minimum absolute atomic E-state index is 0.0329. The Kier molecular flexibility index (Phi) is 3.56. The van der Waals surface area contributed by atoms with Crippen molar-refractivity contribution in [2.24, 2.45) is 0 Å². The van der Waals surface area contributed by atoms with E-state index < -0.39 is 0 Å². The van der Waals surface area contributed by atoms with Crippen LogP contribution in [0.3, 0.4) is 0 Å². The molecule has 0 atom stereocenters. The molecule has 1 aliphatic rings. The Labute approximate surface area is 129 Å². The lowest BCUT2D eigenvalue weighted by Gasteiger charge is -2.39. The van der Waals surface area contributed by atoms with Crippen LogP contribution in [-0.2, 0) is 0 Å². The van der Waals surface area contributed by atoms with Crippen molar-refractivity contribution in [1.29, 1.82) is 0 Å². The van der Waals surface area contributed by atoms with Crippen LogP contribution >= 0.6 is 0 Å². The van der Waals surface area contributed by atoms with Gasteiger partial charge in [0.2, 0.25) is 0 Å². The largest absolute Gasteiger partial charge is 0.378 e. The summed E-state index contributed by atoms with van der Waals surface area (Å²) in [5.74, 6) is 1.62. The summed E-state index contributed by atoms with van der Waals surface area (Å²) in [7, 11) is 3.89. The van der Waals surface area contributed by atoms with E-state index in [1.807, 2.05) is 49.7 Å². The van der Waals surface area contributed by atoms with Crippen LogP contribution in [0, 0.1) is 13.8 Å². The number of aryl methyl sites for hydroxylation is 2. The first-order chi connectivity index (χ1) is 10.5. The van der Waals surface area contributed by atoms with Gasteiger partial charge in [-0.3, -0.25) is 9.78 Å². The third-order valence-electron chi connectivity index (χ3n) is 3.88. The van der Waals surface area contributed by atoms with Crippen LogP contribution in [0.4, 0.5) is 5.69 Å². The topological polar surface area (TPSA) is 67.2 Å². The number of hydrogen-bond acceptors (Lipinski definition) is 5. The SMILES string of the molecule is Cc1nc(C)n(C2CN(C(=O)c3cc(N(C)C)ccn3)C2)n1. The molecule has 3 rings (SSSR count). The van der Waals surface area contributed by atoms with Gasteiger partial charge in [-0.2, -0.15) is 5.10 Å². The first-order valence-electron chi connectivity index (χ1n) is 7.28. The maximum atomic E-state index is 12.5. The molecule has 7 heteroatoms. The Morgan fingerprint density at radius 3 is 2.64 bits per heavy atom. The van der Waals surface area contributed by atoms with Crippen molar-refractivity contribution < 1.29 is 4.79 Å². The summed E-state index contributed by atoms with van der Waals surface area (Å²) >= 11 is 0. The van der Waals surface area contributed by atoms with Crippen molar-refractivity contribution in [2.75, 3.05) is 32.1 Å². The molecule has 0 radical (unpaired) electrons. The molecule has 2 aromatic heterocycles. The molecule has 7 nitrogen and oxygen atoms in total. The highest BCUT2D eigenvalue weighted by molar-refractivity contribution is 5.93. The number of likely N-dealkylation sites (tertiary alicyclic amines) is 1. The Hall–Kier alpha value is -2.44. The van der Waals surface area contributed by atoms with Crippen LogP contribution in [0.15, 0.2) is 18.3 Å². The van der Waals surface area contributed by atoms with Gasteiger partial charge in [0, 0.05) is 39.1 Å². The van der Waals surface area contributed by atoms with Crippen molar-refractivity contribution in [3.63, 3.8) is 0 Å². The summed E-state index contributed by atoms with van der Waals surface area (Å²) in [6.45, 7) is 5.11. The van der Waals surface area contributed by atoms with E-state index >= 15 is 0 Å². The number of hydrogen-bond donors (Lipinski definition) is 0. The summed E-state index contributed by atoms with van der Waals surface area (Å²) in [5.41, 5.74) is 1.45. The number of nitrogens with zero attached hydrogens (tertiary/aromatic N) is 6. The highest BCUT2D eigenvalue weighted by atomic mass is 16.2. The third-order valence-corrected chi connectivity index (χ3v) is 3.88. The highest BCUT2D eigenvalue weighted by Gasteiger charge is 2.34. The van der Waals surface area contributed by atoms with Crippen LogP contribution in [0.2, 0.25) is 0 Å². The maximum absolute atomic E-state index is 12.5. The van der Waals surface area contributed by atoms with Crippen molar-refractivity contribution >= 4 is 11.6 Å². The Bertz CT molecular complexity index is 702. The number of pyridine rings is 1. The maximum Gasteiger partial charge on any atom is 0.272 e. The lowest BCUT2D eigenvalue weighted by atomic mass is 10.1. The third kappa shape index (κ3) is 2.54. The fraction of sp³-hybridized carbons (Fsp3) is 0.467. The molecule has 1 aliphatic heterocycles. The fourth-order valence-electron chi connectivity index (χ4n) is 2.63. The van der Waals surface area contributed by atoms with Crippen molar-refractivity contribution in [2.45, 2.75) is 19.9 Å². The predicted molar refractivity (Wildman–Crippen MR) is 83.0 cm³/mol. The standard InChI is InChI=1S/C15H20N6O/c1-10-17-11(2)21(18-10)13-8-20(9-13)15(22)14-7-12(19(3)4)5-6-16-14/h5-7,13H,8-9H2,1-4H3. The van der Waals surface area contributed by atoms with E-state index in [0.717, 1.165) is 17.3 Å². The zero-order valence-electron chi connectivity index (χ0n) is 13.3. The fourth-order valence-corrected chi connectivity index (χ4v) is 2.63. The van der Waals surface area contributed by atoms with Crippen LogP contribution < -0.4 is 4.90 Å². The second kappa shape index (κ2) is 5.40. The normalized spacial score (nSPS) is 14.8. The molecule has 0 N–H and O–H groups in total. The molecule has 0 spiro atoms. The average Bonchev–Trinajstić information content (AvgIpc) is 2.76. The number of amides is 1. The summed E-state index contributed by atoms with van der Waals surface area (Å²) in [6.07, 6.45) is 1.67. The Morgan fingerprint density at radius 1 is 1.32 bits per heavy atom. The molecule has 0 bridgehead atoms. The molecular weight excluding hydrogens is 280 g/mol. The Morgan fingerprint density at radius 2 is 2.05 bits per heavy atom. The van der Waals surface area contributed by atoms with Gasteiger partial charge in [-0.15, -0.1) is 0 Å². The van der Waals surface area contributed by atoms with Gasteiger partial charge in [-0.1, -0.05) is 0 Å². The molecule has 1 amide bonds. The molecule has 0 aromatic carbocycles. The molecule has 0 saturated carbocycles. The van der Waals surface area contributed by atoms with E-state index in [1.165, 1.54) is 0 Å². The van der Waals surface area contributed by atoms with Gasteiger partial charge in [0.15, 0.2) is 0 Å². The van der Waals surface area contributed by atoms with Crippen molar-refractivity contribution in [3.8, 4) is 0 Å². The van der Waals surface area contributed by atoms with E-state index in [2.05, 4.69) is 15.1 Å². The number of anilines is 1. The van der Waals surface area contributed by atoms with E-state index in [0.29, 0.717) is 18.8 Å². The zero-order chi connectivity index (χ0) is 15.9. The first kappa shape index (κ1) is 14.5. The van der Waals surface area contributed by atoms with Crippen molar-refractivity contribution in [1.82, 2.24) is 24.6 Å². The molecular formula is C15H20N6O. The van der Waals surface area contributed by atoms with E-state index in [9.17, 15) is 4.79 Å². The molecule has 3 heterocycles. The minimum Gasteiger partial charge on any atom is -0.378 e. The number of aromatic nitrogens is 4. The molecule has 1 fully saturated rings. The van der Waals surface area contributed by atoms with Crippen LogP contribution in [0.25, 0.3) is 0 Å². The lowest BCUT2D eigenvalue weighted by Crippen LogP contribution is -2.51. The molecule has 0 aliphatic carbocycles. The zero-order valence-corrected chi connectivity index (χ0v) is 13.3. The van der Waals surface area contributed by atoms with Crippen molar-refractivity contribution in [3.05, 3.63) is 35.7 Å². The number of carbonyl (C=O) groups excluding carboxylic acids is 1. The number of carbonyl (C=O) groups is 1. The molecule has 2 aromatic rings. The molecule has 0 unspecified atom stereocenters. The Balaban J connectivity index is 1.69.